The molecule has 1 aromatic rings. The van der Waals surface area contributed by atoms with Crippen LogP contribution in [0.1, 0.15) is 43.9 Å². The first kappa shape index (κ1) is 14.0. The second-order valence-corrected chi connectivity index (χ2v) is 4.45. The molecule has 0 radical (unpaired) electrons. The lowest BCUT2D eigenvalue weighted by Gasteiger charge is -2.25. The number of rotatable bonds is 6. The van der Waals surface area contributed by atoms with E-state index in [0.717, 1.165) is 24.2 Å². The first-order chi connectivity index (χ1) is 8.17. The lowest BCUT2D eigenvalue weighted by molar-refractivity contribution is 0.343. The highest BCUT2D eigenvalue weighted by atomic mass is 16.5. The summed E-state index contributed by atoms with van der Waals surface area (Å²) in [5.41, 5.74) is 5.28. The van der Waals surface area contributed by atoms with Gasteiger partial charge in [-0.15, -0.1) is 0 Å². The van der Waals surface area contributed by atoms with Crippen molar-refractivity contribution < 1.29 is 4.74 Å². The molecule has 0 aliphatic heterocycles. The second-order valence-electron chi connectivity index (χ2n) is 4.45. The third kappa shape index (κ3) is 3.20. The number of ether oxygens (including phenoxy) is 1. The van der Waals surface area contributed by atoms with Crippen molar-refractivity contribution in [3.8, 4) is 5.75 Å². The number of hydrogen-bond acceptors (Lipinski definition) is 3. The maximum atomic E-state index is 5.70. The summed E-state index contributed by atoms with van der Waals surface area (Å²) in [6.07, 6.45) is 2.23. The summed E-state index contributed by atoms with van der Waals surface area (Å²) in [6, 6.07) is 6.49. The van der Waals surface area contributed by atoms with E-state index in [1.807, 2.05) is 6.92 Å². The zero-order chi connectivity index (χ0) is 12.8. The summed E-state index contributed by atoms with van der Waals surface area (Å²) in [4.78, 5) is 0. The molecule has 1 atom stereocenters. The highest BCUT2D eigenvalue weighted by molar-refractivity contribution is 5.38. The molecule has 96 valence electrons. The Labute approximate surface area is 104 Å². The van der Waals surface area contributed by atoms with Crippen LogP contribution >= 0.6 is 0 Å². The van der Waals surface area contributed by atoms with Gasteiger partial charge in [0.15, 0.2) is 0 Å². The Morgan fingerprint density at radius 2 is 1.94 bits per heavy atom. The molecule has 0 fully saturated rings. The van der Waals surface area contributed by atoms with Gasteiger partial charge in [0.05, 0.1) is 7.11 Å². The fourth-order valence-corrected chi connectivity index (χ4v) is 2.29. The Bertz CT molecular complexity index is 348. The maximum absolute atomic E-state index is 5.70. The van der Waals surface area contributed by atoms with Gasteiger partial charge in [0.25, 0.3) is 0 Å². The van der Waals surface area contributed by atoms with Crippen LogP contribution in [0.5, 0.6) is 5.75 Å². The third-order valence-electron chi connectivity index (χ3n) is 3.49. The number of aryl methyl sites for hydroxylation is 1. The van der Waals surface area contributed by atoms with Gasteiger partial charge in [-0.1, -0.05) is 38.8 Å². The Balaban J connectivity index is 3.03. The quantitative estimate of drug-likeness (QED) is 0.589. The first-order valence-electron chi connectivity index (χ1n) is 6.28. The van der Waals surface area contributed by atoms with Crippen LogP contribution in [0, 0.1) is 12.8 Å². The number of nitrogens with two attached hydrogens (primary N) is 1. The van der Waals surface area contributed by atoms with Crippen LogP contribution < -0.4 is 16.0 Å². The van der Waals surface area contributed by atoms with Gasteiger partial charge in [0.1, 0.15) is 5.75 Å². The molecule has 0 aliphatic rings. The van der Waals surface area contributed by atoms with Crippen molar-refractivity contribution in [1.82, 2.24) is 5.43 Å². The van der Waals surface area contributed by atoms with Gasteiger partial charge < -0.3 is 4.74 Å². The van der Waals surface area contributed by atoms with E-state index in [1.165, 1.54) is 5.56 Å². The van der Waals surface area contributed by atoms with Gasteiger partial charge in [-0.25, -0.2) is 0 Å². The number of benzene rings is 1. The van der Waals surface area contributed by atoms with Crippen LogP contribution in [-0.2, 0) is 0 Å². The normalized spacial score (nSPS) is 12.8. The lowest BCUT2D eigenvalue weighted by atomic mass is 9.89. The van der Waals surface area contributed by atoms with Crippen LogP contribution in [0.4, 0.5) is 0 Å². The van der Waals surface area contributed by atoms with Gasteiger partial charge in [-0.05, 0) is 30.0 Å². The number of hydrogen-bond donors (Lipinski definition) is 2. The monoisotopic (exact) mass is 236 g/mol. The van der Waals surface area contributed by atoms with Gasteiger partial charge in [-0.3, -0.25) is 11.3 Å². The number of nitrogens with one attached hydrogen (secondary N) is 1. The molecule has 0 aliphatic carbocycles. The van der Waals surface area contributed by atoms with Crippen molar-refractivity contribution in [2.24, 2.45) is 11.8 Å². The fourth-order valence-electron chi connectivity index (χ4n) is 2.29. The van der Waals surface area contributed by atoms with E-state index in [9.17, 15) is 0 Å². The van der Waals surface area contributed by atoms with E-state index in [-0.39, 0.29) is 6.04 Å². The molecule has 1 unspecified atom stereocenters. The van der Waals surface area contributed by atoms with E-state index >= 15 is 0 Å². The topological polar surface area (TPSA) is 47.3 Å². The van der Waals surface area contributed by atoms with E-state index < -0.39 is 0 Å². The Morgan fingerprint density at radius 3 is 2.41 bits per heavy atom. The molecule has 3 nitrogen and oxygen atoms in total. The Hall–Kier alpha value is -1.06. The summed E-state index contributed by atoms with van der Waals surface area (Å²) in [5.74, 6) is 7.17. The highest BCUT2D eigenvalue weighted by Crippen LogP contribution is 2.30. The summed E-state index contributed by atoms with van der Waals surface area (Å²) >= 11 is 0. The van der Waals surface area contributed by atoms with Crippen LogP contribution in [-0.4, -0.2) is 7.11 Å². The van der Waals surface area contributed by atoms with Crippen molar-refractivity contribution >= 4 is 0 Å². The molecular formula is C14H24N2O. The molecule has 17 heavy (non-hydrogen) atoms. The standard InChI is InChI=1S/C14H24N2O/c1-5-11(6-2)14(16-15)12-8-7-10(3)13(9-12)17-4/h7-9,11,14,16H,5-6,15H2,1-4H3. The van der Waals surface area contributed by atoms with E-state index in [4.69, 9.17) is 10.6 Å². The van der Waals surface area contributed by atoms with Crippen LogP contribution in [0.2, 0.25) is 0 Å². The van der Waals surface area contributed by atoms with Crippen molar-refractivity contribution in [3.05, 3.63) is 29.3 Å². The minimum absolute atomic E-state index is 0.194. The largest absolute Gasteiger partial charge is 0.496 e. The molecular weight excluding hydrogens is 212 g/mol. The van der Waals surface area contributed by atoms with Gasteiger partial charge in [-0.2, -0.15) is 0 Å². The van der Waals surface area contributed by atoms with E-state index in [1.54, 1.807) is 7.11 Å². The molecule has 0 aromatic heterocycles. The van der Waals surface area contributed by atoms with Crippen LogP contribution in [0.25, 0.3) is 0 Å². The van der Waals surface area contributed by atoms with Crippen LogP contribution in [0.3, 0.4) is 0 Å². The molecule has 0 saturated heterocycles. The predicted octanol–water partition coefficient (Wildman–Crippen LogP) is 2.94. The molecule has 0 saturated carbocycles. The molecule has 3 N–H and O–H groups in total. The average Bonchev–Trinajstić information content (AvgIpc) is 2.36. The molecule has 1 rings (SSSR count). The Kier molecular flexibility index (Phi) is 5.45. The minimum atomic E-state index is 0.194. The molecule has 0 bridgehead atoms. The summed E-state index contributed by atoms with van der Waals surface area (Å²) in [7, 11) is 1.70. The first-order valence-corrected chi connectivity index (χ1v) is 6.28. The molecule has 1 aromatic carbocycles. The van der Waals surface area contributed by atoms with Gasteiger partial charge in [0, 0.05) is 6.04 Å². The van der Waals surface area contributed by atoms with Gasteiger partial charge >= 0.3 is 0 Å². The number of hydrazine groups is 1. The second kappa shape index (κ2) is 6.62. The number of methoxy groups -OCH3 is 1. The van der Waals surface area contributed by atoms with E-state index in [0.29, 0.717) is 5.92 Å². The highest BCUT2D eigenvalue weighted by Gasteiger charge is 2.19. The van der Waals surface area contributed by atoms with Crippen molar-refractivity contribution in [2.45, 2.75) is 39.7 Å². The minimum Gasteiger partial charge on any atom is -0.496 e. The zero-order valence-electron chi connectivity index (χ0n) is 11.3. The fraction of sp³-hybridized carbons (Fsp3) is 0.571. The lowest BCUT2D eigenvalue weighted by Crippen LogP contribution is -2.33. The molecule has 0 amide bonds. The van der Waals surface area contributed by atoms with Crippen molar-refractivity contribution in [3.63, 3.8) is 0 Å². The zero-order valence-corrected chi connectivity index (χ0v) is 11.3. The summed E-state index contributed by atoms with van der Waals surface area (Å²) in [5, 5.41) is 0. The maximum Gasteiger partial charge on any atom is 0.122 e. The SMILES string of the molecule is CCC(CC)C(NN)c1ccc(C)c(OC)c1. The van der Waals surface area contributed by atoms with Gasteiger partial charge in [0.2, 0.25) is 0 Å². The average molecular weight is 236 g/mol. The Morgan fingerprint density at radius 1 is 1.29 bits per heavy atom. The van der Waals surface area contributed by atoms with Crippen LogP contribution in [0.15, 0.2) is 18.2 Å². The molecule has 3 heteroatoms. The van der Waals surface area contributed by atoms with Crippen molar-refractivity contribution in [1.29, 1.82) is 0 Å². The predicted molar refractivity (Wildman–Crippen MR) is 71.9 cm³/mol. The van der Waals surface area contributed by atoms with E-state index in [2.05, 4.69) is 37.5 Å². The third-order valence-corrected chi connectivity index (χ3v) is 3.49. The summed E-state index contributed by atoms with van der Waals surface area (Å²) in [6.45, 7) is 6.44. The molecule has 0 spiro atoms. The smallest absolute Gasteiger partial charge is 0.122 e. The van der Waals surface area contributed by atoms with Crippen molar-refractivity contribution in [2.75, 3.05) is 7.11 Å². The summed E-state index contributed by atoms with van der Waals surface area (Å²) < 4.78 is 5.36. The molecule has 0 heterocycles.